The number of hydrogen-bond acceptors (Lipinski definition) is 5. The Morgan fingerprint density at radius 2 is 1.93 bits per heavy atom. The number of aromatic nitrogens is 4. The molecule has 1 fully saturated rings. The van der Waals surface area contributed by atoms with E-state index in [-0.39, 0.29) is 19.6 Å². The lowest BCUT2D eigenvalue weighted by Gasteiger charge is -2.32. The average molecular weight is 617 g/mol. The van der Waals surface area contributed by atoms with Gasteiger partial charge in [-0.05, 0) is 62.9 Å². The molecule has 2 aliphatic rings. The number of alkyl halides is 2. The van der Waals surface area contributed by atoms with Gasteiger partial charge in [0.05, 0.1) is 35.2 Å². The minimum Gasteiger partial charge on any atom is -0.464 e. The van der Waals surface area contributed by atoms with Crippen LogP contribution in [0.3, 0.4) is 0 Å². The molecular weight excluding hydrogens is 583 g/mol. The first-order valence-electron chi connectivity index (χ1n) is 14.4. The lowest BCUT2D eigenvalue weighted by atomic mass is 9.88. The molecule has 2 unspecified atom stereocenters. The molecule has 222 valence electrons. The normalized spacial score (nSPS) is 19.2. The molecule has 0 bridgehead atoms. The first kappa shape index (κ1) is 29.1. The number of carbonyl (C=O) groups excluding carboxylic acids is 1. The van der Waals surface area contributed by atoms with Gasteiger partial charge in [0.25, 0.3) is 0 Å². The van der Waals surface area contributed by atoms with E-state index >= 15 is 0 Å². The van der Waals surface area contributed by atoms with E-state index in [0.717, 1.165) is 37.1 Å². The summed E-state index contributed by atoms with van der Waals surface area (Å²) in [4.78, 5) is 19.8. The van der Waals surface area contributed by atoms with Gasteiger partial charge in [0.15, 0.2) is 6.04 Å². The molecule has 2 aromatic heterocycles. The van der Waals surface area contributed by atoms with E-state index in [1.165, 1.54) is 10.2 Å². The number of benzene rings is 2. The maximum Gasteiger partial charge on any atom is 0.337 e. The third-order valence-electron chi connectivity index (χ3n) is 8.32. The van der Waals surface area contributed by atoms with Crippen LogP contribution in [0.25, 0.3) is 22.0 Å². The standard InChI is InChI=1S/C31H33Cl2F2N5O2/c1-3-42-31(41)30(29-26-12-22(35)15-39(26)17-36-29)40-16-24-25(32)13-23(27(33)28(24)37-40)21-6-4-19(5-7-21)20-8-10-38(11-9-20)14-18(2)34/h4-7,13,16-18,20,22,30H,3,8-12,14-15H2,1-2H3/t18?,22-,30?/m1/s1. The van der Waals surface area contributed by atoms with Crippen molar-refractivity contribution in [3.8, 4) is 11.1 Å². The summed E-state index contributed by atoms with van der Waals surface area (Å²) in [5.74, 6) is -0.110. The number of ether oxygens (including phenoxy) is 1. The van der Waals surface area contributed by atoms with Crippen LogP contribution in [0, 0.1) is 0 Å². The van der Waals surface area contributed by atoms with Crippen molar-refractivity contribution in [3.63, 3.8) is 0 Å². The fourth-order valence-electron chi connectivity index (χ4n) is 6.29. The highest BCUT2D eigenvalue weighted by atomic mass is 35.5. The number of rotatable bonds is 8. The second kappa shape index (κ2) is 11.9. The summed E-state index contributed by atoms with van der Waals surface area (Å²) in [6, 6.07) is 9.12. The van der Waals surface area contributed by atoms with Gasteiger partial charge < -0.3 is 14.2 Å². The highest BCUT2D eigenvalue weighted by Gasteiger charge is 2.35. The second-order valence-corrected chi connectivity index (χ2v) is 12.0. The van der Waals surface area contributed by atoms with Crippen molar-refractivity contribution in [1.82, 2.24) is 24.2 Å². The molecule has 4 heterocycles. The molecule has 11 heteroatoms. The molecule has 0 radical (unpaired) electrons. The Kier molecular flexibility index (Phi) is 8.26. The minimum atomic E-state index is -1.03. The lowest BCUT2D eigenvalue weighted by molar-refractivity contribution is -0.146. The molecule has 7 nitrogen and oxygen atoms in total. The summed E-state index contributed by atoms with van der Waals surface area (Å²) in [6.07, 6.45) is 3.54. The number of imidazole rings is 1. The number of likely N-dealkylation sites (tertiary alicyclic amines) is 1. The highest BCUT2D eigenvalue weighted by Crippen LogP contribution is 2.40. The molecule has 0 aliphatic carbocycles. The van der Waals surface area contributed by atoms with Crippen molar-refractivity contribution >= 4 is 40.1 Å². The second-order valence-electron chi connectivity index (χ2n) is 11.3. The maximum atomic E-state index is 14.2. The van der Waals surface area contributed by atoms with Crippen LogP contribution in [0.2, 0.25) is 10.0 Å². The van der Waals surface area contributed by atoms with Gasteiger partial charge in [-0.25, -0.2) is 18.6 Å². The van der Waals surface area contributed by atoms with Crippen molar-refractivity contribution in [2.24, 2.45) is 0 Å². The average Bonchev–Trinajstić information content (AvgIpc) is 3.67. The van der Waals surface area contributed by atoms with Crippen LogP contribution in [0.4, 0.5) is 8.78 Å². The van der Waals surface area contributed by atoms with Crippen LogP contribution >= 0.6 is 23.2 Å². The Bertz CT molecular complexity index is 1600. The van der Waals surface area contributed by atoms with Gasteiger partial charge in [0.2, 0.25) is 0 Å². The van der Waals surface area contributed by atoms with Crippen LogP contribution in [-0.4, -0.2) is 68.8 Å². The van der Waals surface area contributed by atoms with Crippen LogP contribution in [0.5, 0.6) is 0 Å². The quantitative estimate of drug-likeness (QED) is 0.204. The third-order valence-corrected chi connectivity index (χ3v) is 9.01. The van der Waals surface area contributed by atoms with Gasteiger partial charge in [-0.15, -0.1) is 0 Å². The van der Waals surface area contributed by atoms with Gasteiger partial charge in [-0.1, -0.05) is 47.5 Å². The van der Waals surface area contributed by atoms with Crippen molar-refractivity contribution < 1.29 is 18.3 Å². The molecule has 42 heavy (non-hydrogen) atoms. The molecule has 2 aliphatic heterocycles. The van der Waals surface area contributed by atoms with Crippen LogP contribution in [0.15, 0.2) is 42.9 Å². The molecule has 0 saturated carbocycles. The van der Waals surface area contributed by atoms with Gasteiger partial charge in [0, 0.05) is 35.8 Å². The van der Waals surface area contributed by atoms with E-state index in [9.17, 15) is 13.6 Å². The van der Waals surface area contributed by atoms with Gasteiger partial charge in [0.1, 0.15) is 17.9 Å². The predicted molar refractivity (Wildman–Crippen MR) is 160 cm³/mol. The largest absolute Gasteiger partial charge is 0.464 e. The van der Waals surface area contributed by atoms with Crippen molar-refractivity contribution in [1.29, 1.82) is 0 Å². The number of hydrogen-bond donors (Lipinski definition) is 0. The molecule has 0 amide bonds. The summed E-state index contributed by atoms with van der Waals surface area (Å²) in [5, 5.41) is 6.15. The maximum absolute atomic E-state index is 14.2. The molecule has 3 atom stereocenters. The Morgan fingerprint density at radius 3 is 2.62 bits per heavy atom. The molecule has 1 saturated heterocycles. The predicted octanol–water partition coefficient (Wildman–Crippen LogP) is 6.79. The van der Waals surface area contributed by atoms with E-state index < -0.39 is 24.4 Å². The molecule has 4 aromatic rings. The Hall–Kier alpha value is -3.01. The number of fused-ring (bicyclic) bond motifs is 2. The topological polar surface area (TPSA) is 65.2 Å². The zero-order valence-electron chi connectivity index (χ0n) is 23.6. The number of nitrogens with zero attached hydrogens (tertiary/aromatic N) is 5. The first-order valence-corrected chi connectivity index (χ1v) is 15.2. The van der Waals surface area contributed by atoms with Gasteiger partial charge in [-0.3, -0.25) is 4.68 Å². The smallest absolute Gasteiger partial charge is 0.337 e. The van der Waals surface area contributed by atoms with E-state index in [1.807, 2.05) is 18.2 Å². The summed E-state index contributed by atoms with van der Waals surface area (Å²) in [7, 11) is 0. The summed E-state index contributed by atoms with van der Waals surface area (Å²) >= 11 is 13.7. The summed E-state index contributed by atoms with van der Waals surface area (Å²) in [6.45, 7) is 5.99. The van der Waals surface area contributed by atoms with E-state index in [4.69, 9.17) is 33.0 Å². The number of carbonyl (C=O) groups is 1. The van der Waals surface area contributed by atoms with Gasteiger partial charge >= 0.3 is 5.97 Å². The fourth-order valence-corrected chi connectivity index (χ4v) is 6.84. The lowest BCUT2D eigenvalue weighted by Crippen LogP contribution is -2.36. The van der Waals surface area contributed by atoms with E-state index in [0.29, 0.717) is 44.8 Å². The Balaban J connectivity index is 1.30. The van der Waals surface area contributed by atoms with Crippen LogP contribution in [-0.2, 0) is 22.5 Å². The van der Waals surface area contributed by atoms with Crippen LogP contribution in [0.1, 0.15) is 55.6 Å². The fraction of sp³-hybridized carbons (Fsp3) is 0.452. The number of halogens is 4. The third kappa shape index (κ3) is 5.54. The molecule has 2 aromatic carbocycles. The highest BCUT2D eigenvalue weighted by molar-refractivity contribution is 6.42. The zero-order valence-corrected chi connectivity index (χ0v) is 25.1. The number of esters is 1. The molecule has 0 spiro atoms. The van der Waals surface area contributed by atoms with Crippen molar-refractivity contribution in [2.75, 3.05) is 26.2 Å². The number of piperidine rings is 1. The summed E-state index contributed by atoms with van der Waals surface area (Å²) < 4.78 is 36.1. The summed E-state index contributed by atoms with van der Waals surface area (Å²) in [5.41, 5.74) is 4.39. The van der Waals surface area contributed by atoms with Crippen molar-refractivity contribution in [2.45, 2.75) is 64.0 Å². The minimum absolute atomic E-state index is 0.170. The Labute approximate surface area is 253 Å². The van der Waals surface area contributed by atoms with E-state index in [1.54, 1.807) is 30.9 Å². The molecule has 0 N–H and O–H groups in total. The SMILES string of the molecule is CCOC(=O)C(c1ncn2c1C[C@@H](F)C2)n1cc2c(Cl)cc(-c3ccc(C4CCN(CC(C)F)CC4)cc3)c(Cl)c2n1. The molecule has 6 rings (SSSR count). The van der Waals surface area contributed by atoms with Gasteiger partial charge in [-0.2, -0.15) is 5.10 Å². The van der Waals surface area contributed by atoms with E-state index in [2.05, 4.69) is 22.0 Å². The molecular formula is C31H33Cl2F2N5O2. The van der Waals surface area contributed by atoms with Crippen LogP contribution < -0.4 is 0 Å². The Morgan fingerprint density at radius 1 is 1.19 bits per heavy atom. The zero-order chi connectivity index (χ0) is 29.5. The van der Waals surface area contributed by atoms with Crippen molar-refractivity contribution in [3.05, 3.63) is 69.9 Å². The first-order chi connectivity index (χ1) is 20.2. The monoisotopic (exact) mass is 615 g/mol.